The summed E-state index contributed by atoms with van der Waals surface area (Å²) in [6, 6.07) is 8.74. The summed E-state index contributed by atoms with van der Waals surface area (Å²) < 4.78 is 28.4. The topological polar surface area (TPSA) is 45.0 Å². The van der Waals surface area contributed by atoms with Gasteiger partial charge in [0.2, 0.25) is 0 Å². The van der Waals surface area contributed by atoms with Gasteiger partial charge < -0.3 is 10.1 Å². The maximum atomic E-state index is 12.0. The Morgan fingerprint density at radius 3 is 2.33 bits per heavy atom. The molecule has 1 aliphatic rings. The summed E-state index contributed by atoms with van der Waals surface area (Å²) in [6.07, 6.45) is 1.47. The van der Waals surface area contributed by atoms with Crippen molar-refractivity contribution in [2.45, 2.75) is 24.9 Å². The highest BCUT2D eigenvalue weighted by Crippen LogP contribution is 2.33. The Labute approximate surface area is 104 Å². The molecule has 1 aromatic carbocycles. The molecule has 1 aromatic rings. The van der Waals surface area contributed by atoms with Gasteiger partial charge in [0, 0.05) is 0 Å². The van der Waals surface area contributed by atoms with E-state index < -0.39 is 12.0 Å². The number of hydrogen-bond acceptors (Lipinski definition) is 3. The van der Waals surface area contributed by atoms with E-state index in [0.717, 1.165) is 31.5 Å². The minimum absolute atomic E-state index is 0.121. The average Bonchev–Trinajstić information content (AvgIpc) is 2.39. The van der Waals surface area contributed by atoms with Gasteiger partial charge in [0.05, 0.1) is 11.5 Å². The van der Waals surface area contributed by atoms with Crippen LogP contribution in [0.4, 0.5) is 8.78 Å². The lowest BCUT2D eigenvalue weighted by Crippen LogP contribution is -2.38. The van der Waals surface area contributed by atoms with Crippen molar-refractivity contribution in [3.05, 3.63) is 29.8 Å². The van der Waals surface area contributed by atoms with Crippen LogP contribution >= 0.6 is 0 Å². The van der Waals surface area contributed by atoms with Gasteiger partial charge in [-0.15, -0.1) is 0 Å². The number of alkyl halides is 2. The molecule has 1 N–H and O–H groups in total. The molecule has 0 aromatic heterocycles. The van der Waals surface area contributed by atoms with Crippen molar-refractivity contribution in [2.24, 2.45) is 0 Å². The lowest BCUT2D eigenvalue weighted by Gasteiger charge is -2.31. The highest BCUT2D eigenvalue weighted by atomic mass is 19.3. The van der Waals surface area contributed by atoms with Crippen LogP contribution in [0.15, 0.2) is 24.3 Å². The van der Waals surface area contributed by atoms with Crippen molar-refractivity contribution < 1.29 is 13.5 Å². The zero-order chi connectivity index (χ0) is 13.0. The van der Waals surface area contributed by atoms with Crippen molar-refractivity contribution in [2.75, 3.05) is 13.1 Å². The molecule has 2 rings (SSSR count). The van der Waals surface area contributed by atoms with E-state index in [0.29, 0.717) is 0 Å². The van der Waals surface area contributed by atoms with E-state index in [1.54, 1.807) is 12.1 Å². The fraction of sp³-hybridized carbons (Fsp3) is 0.462. The zero-order valence-electron chi connectivity index (χ0n) is 9.83. The van der Waals surface area contributed by atoms with Gasteiger partial charge in [0.15, 0.2) is 0 Å². The van der Waals surface area contributed by atoms with Gasteiger partial charge in [-0.1, -0.05) is 12.1 Å². The summed E-state index contributed by atoms with van der Waals surface area (Å²) in [6.45, 7) is -1.23. The standard InChI is InChI=1S/C13H14F2N2O/c14-12(15)18-11-3-1-10(2-4-11)13(9-16)5-7-17-8-6-13/h1-4,12,17H,5-8H2. The van der Waals surface area contributed by atoms with Gasteiger partial charge in [0.1, 0.15) is 5.75 Å². The summed E-state index contributed by atoms with van der Waals surface area (Å²) in [5.74, 6) is 0.121. The second kappa shape index (κ2) is 5.32. The first-order valence-electron chi connectivity index (χ1n) is 5.84. The predicted octanol–water partition coefficient (Wildman–Crippen LogP) is 2.43. The van der Waals surface area contributed by atoms with Crippen molar-refractivity contribution in [1.29, 1.82) is 5.26 Å². The van der Waals surface area contributed by atoms with Crippen LogP contribution in [0.1, 0.15) is 18.4 Å². The molecule has 0 aliphatic carbocycles. The normalized spacial score (nSPS) is 18.3. The minimum atomic E-state index is -2.82. The highest BCUT2D eigenvalue weighted by Gasteiger charge is 2.33. The Kier molecular flexibility index (Phi) is 3.78. The van der Waals surface area contributed by atoms with Gasteiger partial charge in [-0.25, -0.2) is 0 Å². The monoisotopic (exact) mass is 252 g/mol. The molecule has 1 heterocycles. The molecule has 96 valence electrons. The maximum absolute atomic E-state index is 12.0. The average molecular weight is 252 g/mol. The molecule has 5 heteroatoms. The van der Waals surface area contributed by atoms with Crippen LogP contribution in [0.2, 0.25) is 0 Å². The third-order valence-corrected chi connectivity index (χ3v) is 3.30. The first kappa shape index (κ1) is 12.8. The van der Waals surface area contributed by atoms with Crippen LogP contribution in [0.3, 0.4) is 0 Å². The lowest BCUT2D eigenvalue weighted by atomic mass is 9.74. The van der Waals surface area contributed by atoms with Crippen LogP contribution < -0.4 is 10.1 Å². The summed E-state index contributed by atoms with van der Waals surface area (Å²) in [5.41, 5.74) is 0.363. The Hall–Kier alpha value is -1.67. The van der Waals surface area contributed by atoms with Crippen LogP contribution in [-0.4, -0.2) is 19.7 Å². The summed E-state index contributed by atoms with van der Waals surface area (Å²) in [7, 11) is 0. The van der Waals surface area contributed by atoms with E-state index >= 15 is 0 Å². The zero-order valence-corrected chi connectivity index (χ0v) is 9.83. The first-order chi connectivity index (χ1) is 8.66. The molecule has 0 atom stereocenters. The number of rotatable bonds is 3. The molecule has 0 bridgehead atoms. The molecule has 3 nitrogen and oxygen atoms in total. The van der Waals surface area contributed by atoms with Gasteiger partial charge in [-0.2, -0.15) is 14.0 Å². The van der Waals surface area contributed by atoms with Crippen molar-refractivity contribution in [3.63, 3.8) is 0 Å². The van der Waals surface area contributed by atoms with Gasteiger partial charge >= 0.3 is 6.61 Å². The number of hydrogen-bond donors (Lipinski definition) is 1. The van der Waals surface area contributed by atoms with E-state index in [1.165, 1.54) is 12.1 Å². The molecule has 0 spiro atoms. The summed E-state index contributed by atoms with van der Waals surface area (Å²) in [5, 5.41) is 12.6. The van der Waals surface area contributed by atoms with Crippen molar-refractivity contribution in [3.8, 4) is 11.8 Å². The van der Waals surface area contributed by atoms with Crippen molar-refractivity contribution in [1.82, 2.24) is 5.32 Å². The van der Waals surface area contributed by atoms with Crippen LogP contribution in [-0.2, 0) is 5.41 Å². The Morgan fingerprint density at radius 2 is 1.83 bits per heavy atom. The molecule has 0 radical (unpaired) electrons. The molecule has 1 saturated heterocycles. The minimum Gasteiger partial charge on any atom is -0.435 e. The highest BCUT2D eigenvalue weighted by molar-refractivity contribution is 5.37. The van der Waals surface area contributed by atoms with E-state index in [1.807, 2.05) is 0 Å². The number of ether oxygens (including phenoxy) is 1. The molecule has 1 aliphatic heterocycles. The van der Waals surface area contributed by atoms with Gasteiger partial charge in [-0.05, 0) is 43.6 Å². The molecule has 0 saturated carbocycles. The fourth-order valence-electron chi connectivity index (χ4n) is 2.27. The molecular weight excluding hydrogens is 238 g/mol. The second-order valence-electron chi connectivity index (χ2n) is 4.35. The van der Waals surface area contributed by atoms with Crippen molar-refractivity contribution >= 4 is 0 Å². The Balaban J connectivity index is 2.19. The van der Waals surface area contributed by atoms with Gasteiger partial charge in [0.25, 0.3) is 0 Å². The Morgan fingerprint density at radius 1 is 1.22 bits per heavy atom. The molecule has 1 fully saturated rings. The fourth-order valence-corrected chi connectivity index (χ4v) is 2.27. The quantitative estimate of drug-likeness (QED) is 0.898. The smallest absolute Gasteiger partial charge is 0.387 e. The third kappa shape index (κ3) is 2.59. The summed E-state index contributed by atoms with van der Waals surface area (Å²) in [4.78, 5) is 0. The number of halogens is 2. The number of nitrogens with zero attached hydrogens (tertiary/aromatic N) is 1. The summed E-state index contributed by atoms with van der Waals surface area (Å²) >= 11 is 0. The number of nitriles is 1. The predicted molar refractivity (Wildman–Crippen MR) is 62.5 cm³/mol. The second-order valence-corrected chi connectivity index (χ2v) is 4.35. The van der Waals surface area contributed by atoms with E-state index in [2.05, 4.69) is 16.1 Å². The Bertz CT molecular complexity index is 433. The molecule has 18 heavy (non-hydrogen) atoms. The van der Waals surface area contributed by atoms with Crippen LogP contribution in [0.25, 0.3) is 0 Å². The molecule has 0 amide bonds. The molecular formula is C13H14F2N2O. The largest absolute Gasteiger partial charge is 0.435 e. The van der Waals surface area contributed by atoms with Crippen LogP contribution in [0.5, 0.6) is 5.75 Å². The number of piperidine rings is 1. The lowest BCUT2D eigenvalue weighted by molar-refractivity contribution is -0.0498. The van der Waals surface area contributed by atoms with E-state index in [9.17, 15) is 14.0 Å². The van der Waals surface area contributed by atoms with Crippen LogP contribution in [0, 0.1) is 11.3 Å². The molecule has 0 unspecified atom stereocenters. The van der Waals surface area contributed by atoms with Gasteiger partial charge in [-0.3, -0.25) is 0 Å². The number of nitrogens with one attached hydrogen (secondary N) is 1. The number of benzene rings is 1. The SMILES string of the molecule is N#CC1(c2ccc(OC(F)F)cc2)CCNCC1. The van der Waals surface area contributed by atoms with E-state index in [-0.39, 0.29) is 5.75 Å². The first-order valence-corrected chi connectivity index (χ1v) is 5.84. The maximum Gasteiger partial charge on any atom is 0.387 e. The third-order valence-electron chi connectivity index (χ3n) is 3.30. The van der Waals surface area contributed by atoms with E-state index in [4.69, 9.17) is 0 Å².